The van der Waals surface area contributed by atoms with E-state index in [0.717, 1.165) is 19.6 Å². The second kappa shape index (κ2) is 4.55. The first-order valence-electron chi connectivity index (χ1n) is 6.38. The fraction of sp³-hybridized carbons (Fsp3) is 0.750. The van der Waals surface area contributed by atoms with Crippen LogP contribution in [0.2, 0.25) is 0 Å². The van der Waals surface area contributed by atoms with Gasteiger partial charge < -0.3 is 9.88 Å². The molecule has 0 aliphatic carbocycles. The van der Waals surface area contributed by atoms with Crippen LogP contribution in [0.3, 0.4) is 0 Å². The molecule has 1 aromatic rings. The van der Waals surface area contributed by atoms with Gasteiger partial charge >= 0.3 is 0 Å². The summed E-state index contributed by atoms with van der Waals surface area (Å²) in [7, 11) is 0. The third-order valence-electron chi connectivity index (χ3n) is 3.81. The normalized spacial score (nSPS) is 27.4. The first-order valence-corrected chi connectivity index (χ1v) is 6.38. The zero-order valence-electron chi connectivity index (χ0n) is 9.73. The van der Waals surface area contributed by atoms with Crippen LogP contribution in [0, 0.1) is 0 Å². The summed E-state index contributed by atoms with van der Waals surface area (Å²) >= 11 is 0. The predicted octanol–water partition coefficient (Wildman–Crippen LogP) is 0.841. The summed E-state index contributed by atoms with van der Waals surface area (Å²) in [5, 5.41) is 3.54. The highest BCUT2D eigenvalue weighted by Gasteiger charge is 2.24. The maximum atomic E-state index is 4.43. The highest BCUT2D eigenvalue weighted by molar-refractivity contribution is 4.97. The lowest BCUT2D eigenvalue weighted by Crippen LogP contribution is -2.45. The number of nitrogens with one attached hydrogen (secondary N) is 1. The zero-order chi connectivity index (χ0) is 10.8. The van der Waals surface area contributed by atoms with Gasteiger partial charge in [-0.3, -0.25) is 4.90 Å². The molecule has 1 unspecified atom stereocenters. The van der Waals surface area contributed by atoms with Crippen LogP contribution in [-0.4, -0.2) is 40.1 Å². The smallest absolute Gasteiger partial charge is 0.122 e. The Hall–Kier alpha value is -0.870. The van der Waals surface area contributed by atoms with Gasteiger partial charge in [-0.1, -0.05) is 6.42 Å². The van der Waals surface area contributed by atoms with Crippen LogP contribution in [-0.2, 0) is 13.1 Å². The van der Waals surface area contributed by atoms with Crippen LogP contribution in [0.25, 0.3) is 0 Å². The van der Waals surface area contributed by atoms with E-state index in [4.69, 9.17) is 0 Å². The van der Waals surface area contributed by atoms with Crippen molar-refractivity contribution < 1.29 is 0 Å². The van der Waals surface area contributed by atoms with Crippen molar-refractivity contribution >= 4 is 0 Å². The van der Waals surface area contributed by atoms with E-state index in [2.05, 4.69) is 26.0 Å². The minimum absolute atomic E-state index is 0.716. The second-order valence-corrected chi connectivity index (χ2v) is 4.86. The van der Waals surface area contributed by atoms with Crippen LogP contribution in [0.5, 0.6) is 0 Å². The maximum Gasteiger partial charge on any atom is 0.122 e. The van der Waals surface area contributed by atoms with E-state index in [1.807, 2.05) is 6.20 Å². The molecule has 3 heterocycles. The van der Waals surface area contributed by atoms with E-state index in [-0.39, 0.29) is 0 Å². The summed E-state index contributed by atoms with van der Waals surface area (Å²) in [6.45, 7) is 5.65. The van der Waals surface area contributed by atoms with E-state index in [1.54, 1.807) is 0 Å². The molecule has 1 fully saturated rings. The van der Waals surface area contributed by atoms with Crippen LogP contribution in [0.1, 0.15) is 25.1 Å². The lowest BCUT2D eigenvalue weighted by Gasteiger charge is -2.34. The zero-order valence-corrected chi connectivity index (χ0v) is 9.73. The Balaban J connectivity index is 1.68. The molecule has 0 radical (unpaired) electrons. The van der Waals surface area contributed by atoms with Crippen molar-refractivity contribution in [2.45, 2.75) is 38.4 Å². The molecular formula is C12H20N4. The topological polar surface area (TPSA) is 33.1 Å². The minimum Gasteiger partial charge on any atom is -0.333 e. The lowest BCUT2D eigenvalue weighted by atomic mass is 10.1. The fourth-order valence-electron chi connectivity index (χ4n) is 2.82. The first-order chi connectivity index (χ1) is 7.93. The molecule has 1 N–H and O–H groups in total. The third kappa shape index (κ3) is 1.99. The Kier molecular flexibility index (Phi) is 2.93. The van der Waals surface area contributed by atoms with Gasteiger partial charge in [0.1, 0.15) is 5.82 Å². The quantitative estimate of drug-likeness (QED) is 0.761. The largest absolute Gasteiger partial charge is 0.333 e. The van der Waals surface area contributed by atoms with E-state index in [0.29, 0.717) is 6.04 Å². The van der Waals surface area contributed by atoms with Crippen molar-refractivity contribution in [1.29, 1.82) is 0 Å². The lowest BCUT2D eigenvalue weighted by molar-refractivity contribution is 0.146. The SMILES string of the molecule is c1cn2c(n1)CN(C1CCCCNC1)CC2. The van der Waals surface area contributed by atoms with Crippen molar-refractivity contribution in [1.82, 2.24) is 19.8 Å². The standard InChI is InChI=1S/C12H20N4/c1-2-4-13-9-11(3-1)16-8-7-15-6-5-14-12(15)10-16/h5-6,11,13H,1-4,7-10H2. The highest BCUT2D eigenvalue weighted by Crippen LogP contribution is 2.17. The summed E-state index contributed by atoms with van der Waals surface area (Å²) < 4.78 is 2.28. The molecule has 1 saturated heterocycles. The van der Waals surface area contributed by atoms with Crippen molar-refractivity contribution in [2.75, 3.05) is 19.6 Å². The molecule has 2 aliphatic rings. The van der Waals surface area contributed by atoms with Crippen molar-refractivity contribution in [3.05, 3.63) is 18.2 Å². The number of rotatable bonds is 1. The summed E-state index contributed by atoms with van der Waals surface area (Å²) in [5.41, 5.74) is 0. The summed E-state index contributed by atoms with van der Waals surface area (Å²) in [6, 6.07) is 0.716. The van der Waals surface area contributed by atoms with Gasteiger partial charge in [0.25, 0.3) is 0 Å². The summed E-state index contributed by atoms with van der Waals surface area (Å²) in [4.78, 5) is 7.02. The van der Waals surface area contributed by atoms with Gasteiger partial charge in [0.05, 0.1) is 6.54 Å². The number of hydrogen-bond donors (Lipinski definition) is 1. The predicted molar refractivity (Wildman–Crippen MR) is 63.1 cm³/mol. The Labute approximate surface area is 96.7 Å². The minimum atomic E-state index is 0.716. The average Bonchev–Trinajstić information content (AvgIpc) is 2.61. The molecule has 0 saturated carbocycles. The van der Waals surface area contributed by atoms with Crippen molar-refractivity contribution in [3.63, 3.8) is 0 Å². The molecule has 3 rings (SSSR count). The van der Waals surface area contributed by atoms with Crippen LogP contribution in [0.4, 0.5) is 0 Å². The molecule has 0 amide bonds. The molecule has 1 atom stereocenters. The van der Waals surface area contributed by atoms with Crippen molar-refractivity contribution in [2.24, 2.45) is 0 Å². The number of aromatic nitrogens is 2. The Morgan fingerprint density at radius 1 is 1.31 bits per heavy atom. The molecule has 2 aliphatic heterocycles. The molecule has 4 heteroatoms. The number of imidazole rings is 1. The molecule has 4 nitrogen and oxygen atoms in total. The average molecular weight is 220 g/mol. The number of fused-ring (bicyclic) bond motifs is 1. The highest BCUT2D eigenvalue weighted by atomic mass is 15.3. The van der Waals surface area contributed by atoms with Gasteiger partial charge in [-0.15, -0.1) is 0 Å². The Bertz CT molecular complexity index is 339. The first kappa shape index (κ1) is 10.3. The van der Waals surface area contributed by atoms with Crippen LogP contribution >= 0.6 is 0 Å². The van der Waals surface area contributed by atoms with Gasteiger partial charge in [-0.2, -0.15) is 0 Å². The second-order valence-electron chi connectivity index (χ2n) is 4.86. The molecule has 0 aromatic carbocycles. The molecule has 0 bridgehead atoms. The van der Waals surface area contributed by atoms with Crippen molar-refractivity contribution in [3.8, 4) is 0 Å². The van der Waals surface area contributed by atoms with E-state index in [1.165, 1.54) is 38.2 Å². The Morgan fingerprint density at radius 3 is 3.31 bits per heavy atom. The van der Waals surface area contributed by atoms with Gasteiger partial charge in [-0.05, 0) is 19.4 Å². The number of nitrogens with zero attached hydrogens (tertiary/aromatic N) is 3. The summed E-state index contributed by atoms with van der Waals surface area (Å²) in [6.07, 6.45) is 8.05. The van der Waals surface area contributed by atoms with E-state index in [9.17, 15) is 0 Å². The van der Waals surface area contributed by atoms with Crippen LogP contribution < -0.4 is 5.32 Å². The van der Waals surface area contributed by atoms with Gasteiger partial charge in [0.15, 0.2) is 0 Å². The van der Waals surface area contributed by atoms with E-state index >= 15 is 0 Å². The van der Waals surface area contributed by atoms with E-state index < -0.39 is 0 Å². The molecule has 1 aromatic heterocycles. The fourth-order valence-corrected chi connectivity index (χ4v) is 2.82. The van der Waals surface area contributed by atoms with Gasteiger partial charge in [0.2, 0.25) is 0 Å². The molecule has 88 valence electrons. The third-order valence-corrected chi connectivity index (χ3v) is 3.81. The molecular weight excluding hydrogens is 200 g/mol. The van der Waals surface area contributed by atoms with Gasteiger partial charge in [-0.25, -0.2) is 4.98 Å². The van der Waals surface area contributed by atoms with Crippen LogP contribution in [0.15, 0.2) is 12.4 Å². The monoisotopic (exact) mass is 220 g/mol. The molecule has 0 spiro atoms. The van der Waals surface area contributed by atoms with Gasteiger partial charge in [0, 0.05) is 38.1 Å². The summed E-state index contributed by atoms with van der Waals surface area (Å²) in [5.74, 6) is 1.23. The number of hydrogen-bond acceptors (Lipinski definition) is 3. The Morgan fingerprint density at radius 2 is 2.31 bits per heavy atom. The maximum absolute atomic E-state index is 4.43. The molecule has 16 heavy (non-hydrogen) atoms.